The lowest BCUT2D eigenvalue weighted by Crippen LogP contribution is -2.29. The molecule has 0 bridgehead atoms. The quantitative estimate of drug-likeness (QED) is 0.898. The molecule has 0 amide bonds. The van der Waals surface area contributed by atoms with Crippen molar-refractivity contribution in [2.45, 2.75) is 51.6 Å². The van der Waals surface area contributed by atoms with E-state index in [4.69, 9.17) is 0 Å². The van der Waals surface area contributed by atoms with Crippen LogP contribution in [-0.2, 0) is 12.0 Å². The Labute approximate surface area is 117 Å². The Morgan fingerprint density at radius 2 is 1.84 bits per heavy atom. The summed E-state index contributed by atoms with van der Waals surface area (Å²) < 4.78 is 0. The average molecular weight is 261 g/mol. The number of hydrogen-bond acceptors (Lipinski definition) is 2. The van der Waals surface area contributed by atoms with Crippen LogP contribution in [0.5, 0.6) is 0 Å². The molecule has 0 radical (unpaired) electrons. The minimum atomic E-state index is -0.616. The van der Waals surface area contributed by atoms with E-state index in [9.17, 15) is 5.11 Å². The zero-order valence-corrected chi connectivity index (χ0v) is 12.4. The standard InChI is InChI=1S/C17H27NO/c1-3-6-15-7-9-16(10-8-15)17(19)11-5-13-18(4-2)14-12-17/h7-10,19H,3-6,11-14H2,1-2H3. The number of nitrogens with zero attached hydrogens (tertiary/aromatic N) is 1. The summed E-state index contributed by atoms with van der Waals surface area (Å²) in [7, 11) is 0. The second-order valence-electron chi connectivity index (χ2n) is 5.77. The predicted molar refractivity (Wildman–Crippen MR) is 80.3 cm³/mol. The fourth-order valence-corrected chi connectivity index (χ4v) is 3.05. The molecule has 1 heterocycles. The van der Waals surface area contributed by atoms with E-state index in [0.29, 0.717) is 0 Å². The third-order valence-corrected chi connectivity index (χ3v) is 4.38. The SMILES string of the molecule is CCCc1ccc(C2(O)CCCN(CC)CC2)cc1. The first-order valence-corrected chi connectivity index (χ1v) is 7.72. The average Bonchev–Trinajstić information content (AvgIpc) is 2.63. The zero-order chi connectivity index (χ0) is 13.7. The topological polar surface area (TPSA) is 23.5 Å². The Balaban J connectivity index is 2.10. The summed E-state index contributed by atoms with van der Waals surface area (Å²) in [6.45, 7) is 7.61. The third-order valence-electron chi connectivity index (χ3n) is 4.38. The van der Waals surface area contributed by atoms with Crippen LogP contribution in [0.3, 0.4) is 0 Å². The lowest BCUT2D eigenvalue weighted by molar-refractivity contribution is 0.0213. The summed E-state index contributed by atoms with van der Waals surface area (Å²) in [5, 5.41) is 10.9. The van der Waals surface area contributed by atoms with E-state index >= 15 is 0 Å². The zero-order valence-electron chi connectivity index (χ0n) is 12.4. The lowest BCUT2D eigenvalue weighted by atomic mass is 9.86. The predicted octanol–water partition coefficient (Wildman–Crippen LogP) is 3.33. The first-order valence-electron chi connectivity index (χ1n) is 7.72. The number of likely N-dealkylation sites (tertiary alicyclic amines) is 1. The van der Waals surface area contributed by atoms with Crippen molar-refractivity contribution in [1.29, 1.82) is 0 Å². The molecule has 1 atom stereocenters. The first kappa shape index (κ1) is 14.5. The van der Waals surface area contributed by atoms with Crippen LogP contribution in [0, 0.1) is 0 Å². The van der Waals surface area contributed by atoms with Crippen LogP contribution in [0.15, 0.2) is 24.3 Å². The number of aliphatic hydroxyl groups is 1. The fourth-order valence-electron chi connectivity index (χ4n) is 3.05. The number of aryl methyl sites for hydroxylation is 1. The summed E-state index contributed by atoms with van der Waals surface area (Å²) in [6.07, 6.45) is 5.13. The molecular formula is C17H27NO. The molecule has 1 N–H and O–H groups in total. The summed E-state index contributed by atoms with van der Waals surface area (Å²) in [5.41, 5.74) is 1.86. The molecule has 1 aliphatic heterocycles. The Hall–Kier alpha value is -0.860. The highest BCUT2D eigenvalue weighted by molar-refractivity contribution is 5.27. The van der Waals surface area contributed by atoms with E-state index in [1.54, 1.807) is 0 Å². The van der Waals surface area contributed by atoms with Gasteiger partial charge in [0, 0.05) is 6.54 Å². The van der Waals surface area contributed by atoms with Gasteiger partial charge in [0.05, 0.1) is 5.60 Å². The van der Waals surface area contributed by atoms with Gasteiger partial charge in [-0.3, -0.25) is 0 Å². The third kappa shape index (κ3) is 3.58. The van der Waals surface area contributed by atoms with Crippen LogP contribution in [0.4, 0.5) is 0 Å². The molecule has 2 heteroatoms. The molecule has 0 aromatic heterocycles. The minimum Gasteiger partial charge on any atom is -0.385 e. The van der Waals surface area contributed by atoms with Gasteiger partial charge in [-0.2, -0.15) is 0 Å². The van der Waals surface area contributed by atoms with Gasteiger partial charge in [0.1, 0.15) is 0 Å². The summed E-state index contributed by atoms with van der Waals surface area (Å²) in [6, 6.07) is 8.62. The van der Waals surface area contributed by atoms with Gasteiger partial charge in [0.25, 0.3) is 0 Å². The van der Waals surface area contributed by atoms with Gasteiger partial charge in [-0.25, -0.2) is 0 Å². The van der Waals surface area contributed by atoms with Crippen molar-refractivity contribution in [3.63, 3.8) is 0 Å². The normalized spacial score (nSPS) is 25.2. The maximum Gasteiger partial charge on any atom is 0.0909 e. The molecule has 2 rings (SSSR count). The van der Waals surface area contributed by atoms with E-state index in [1.165, 1.54) is 12.0 Å². The van der Waals surface area contributed by atoms with Crippen LogP contribution in [-0.4, -0.2) is 29.6 Å². The molecule has 1 aromatic carbocycles. The maximum atomic E-state index is 10.9. The van der Waals surface area contributed by atoms with Gasteiger partial charge in [-0.05, 0) is 49.9 Å². The molecule has 1 aromatic rings. The Bertz CT molecular complexity index is 387. The molecule has 1 aliphatic rings. The van der Waals surface area contributed by atoms with Crippen molar-refractivity contribution in [3.05, 3.63) is 35.4 Å². The first-order chi connectivity index (χ1) is 9.18. The Kier molecular flexibility index (Phi) is 5.00. The Morgan fingerprint density at radius 1 is 1.11 bits per heavy atom. The van der Waals surface area contributed by atoms with Crippen LogP contribution >= 0.6 is 0 Å². The molecule has 1 saturated heterocycles. The van der Waals surface area contributed by atoms with E-state index in [-0.39, 0.29) is 0 Å². The molecule has 0 saturated carbocycles. The molecule has 19 heavy (non-hydrogen) atoms. The molecular weight excluding hydrogens is 234 g/mol. The van der Waals surface area contributed by atoms with E-state index in [0.717, 1.165) is 50.9 Å². The van der Waals surface area contributed by atoms with Crippen LogP contribution in [0.1, 0.15) is 50.7 Å². The smallest absolute Gasteiger partial charge is 0.0909 e. The number of hydrogen-bond donors (Lipinski definition) is 1. The molecule has 0 aliphatic carbocycles. The summed E-state index contributed by atoms with van der Waals surface area (Å²) >= 11 is 0. The van der Waals surface area contributed by atoms with Crippen LogP contribution in [0.25, 0.3) is 0 Å². The monoisotopic (exact) mass is 261 g/mol. The van der Waals surface area contributed by atoms with Crippen LogP contribution in [0.2, 0.25) is 0 Å². The fraction of sp³-hybridized carbons (Fsp3) is 0.647. The van der Waals surface area contributed by atoms with Crippen molar-refractivity contribution in [2.24, 2.45) is 0 Å². The summed E-state index contributed by atoms with van der Waals surface area (Å²) in [5.74, 6) is 0. The van der Waals surface area contributed by atoms with E-state index in [1.807, 2.05) is 0 Å². The van der Waals surface area contributed by atoms with Gasteiger partial charge in [0.15, 0.2) is 0 Å². The second kappa shape index (κ2) is 6.53. The summed E-state index contributed by atoms with van der Waals surface area (Å²) in [4.78, 5) is 2.43. The van der Waals surface area contributed by atoms with Crippen LogP contribution < -0.4 is 0 Å². The minimum absolute atomic E-state index is 0.616. The molecule has 2 nitrogen and oxygen atoms in total. The number of rotatable bonds is 4. The Morgan fingerprint density at radius 3 is 2.47 bits per heavy atom. The molecule has 0 spiro atoms. The van der Waals surface area contributed by atoms with Gasteiger partial charge >= 0.3 is 0 Å². The van der Waals surface area contributed by atoms with Gasteiger partial charge in [-0.15, -0.1) is 0 Å². The van der Waals surface area contributed by atoms with Crippen molar-refractivity contribution in [2.75, 3.05) is 19.6 Å². The van der Waals surface area contributed by atoms with Gasteiger partial charge < -0.3 is 10.0 Å². The highest BCUT2D eigenvalue weighted by Crippen LogP contribution is 2.32. The van der Waals surface area contributed by atoms with Crippen molar-refractivity contribution in [1.82, 2.24) is 4.90 Å². The van der Waals surface area contributed by atoms with Crippen molar-refractivity contribution < 1.29 is 5.11 Å². The second-order valence-corrected chi connectivity index (χ2v) is 5.77. The largest absolute Gasteiger partial charge is 0.385 e. The maximum absolute atomic E-state index is 10.9. The van der Waals surface area contributed by atoms with Gasteiger partial charge in [-0.1, -0.05) is 44.5 Å². The molecule has 1 unspecified atom stereocenters. The highest BCUT2D eigenvalue weighted by Gasteiger charge is 2.31. The van der Waals surface area contributed by atoms with E-state index < -0.39 is 5.60 Å². The highest BCUT2D eigenvalue weighted by atomic mass is 16.3. The van der Waals surface area contributed by atoms with Crippen molar-refractivity contribution in [3.8, 4) is 0 Å². The molecule has 106 valence electrons. The lowest BCUT2D eigenvalue weighted by Gasteiger charge is -2.27. The molecule has 1 fully saturated rings. The van der Waals surface area contributed by atoms with Crippen molar-refractivity contribution >= 4 is 0 Å². The number of benzene rings is 1. The van der Waals surface area contributed by atoms with Gasteiger partial charge in [0.2, 0.25) is 0 Å². The van der Waals surface area contributed by atoms with E-state index in [2.05, 4.69) is 43.0 Å².